The zero-order valence-electron chi connectivity index (χ0n) is 15.7. The number of hydrogen-bond donors (Lipinski definition) is 1. The van der Waals surface area contributed by atoms with Crippen LogP contribution < -0.4 is 10.2 Å². The van der Waals surface area contributed by atoms with E-state index in [1.165, 1.54) is 12.1 Å². The van der Waals surface area contributed by atoms with Gasteiger partial charge >= 0.3 is 6.03 Å². The third kappa shape index (κ3) is 3.43. The molecule has 2 aromatic carbocycles. The van der Waals surface area contributed by atoms with Gasteiger partial charge in [0.05, 0.1) is 5.69 Å². The smallest absolute Gasteiger partial charge is 0.318 e. The number of halogens is 2. The number of aromatic nitrogens is 1. The van der Waals surface area contributed by atoms with Crippen molar-refractivity contribution >= 4 is 35.3 Å². The molecule has 0 aliphatic carbocycles. The maximum atomic E-state index is 13.6. The number of benzene rings is 2. The van der Waals surface area contributed by atoms with E-state index in [4.69, 9.17) is 11.6 Å². The minimum absolute atomic E-state index is 0.171. The van der Waals surface area contributed by atoms with Crippen molar-refractivity contribution in [2.24, 2.45) is 0 Å². The number of nitrogens with zero attached hydrogens (tertiary/aromatic N) is 2. The molecule has 0 spiro atoms. The quantitative estimate of drug-likeness (QED) is 0.489. The molecule has 5 nitrogen and oxygen atoms in total. The average Bonchev–Trinajstić information content (AvgIpc) is 3.11. The summed E-state index contributed by atoms with van der Waals surface area (Å²) in [6.45, 7) is 3.78. The van der Waals surface area contributed by atoms with Gasteiger partial charge in [0.2, 0.25) is 0 Å². The third-order valence-corrected chi connectivity index (χ3v) is 5.05. The van der Waals surface area contributed by atoms with Gasteiger partial charge in [-0.15, -0.1) is 0 Å². The molecule has 0 radical (unpaired) electrons. The molecule has 0 bridgehead atoms. The van der Waals surface area contributed by atoms with Gasteiger partial charge in [-0.1, -0.05) is 17.7 Å². The lowest BCUT2D eigenvalue weighted by molar-refractivity contribution is -0.113. The number of nitrogens with one attached hydrogen (secondary N) is 1. The average molecular weight is 410 g/mol. The number of amides is 3. The van der Waals surface area contributed by atoms with E-state index >= 15 is 0 Å². The summed E-state index contributed by atoms with van der Waals surface area (Å²) in [5.41, 5.74) is 3.76. The summed E-state index contributed by atoms with van der Waals surface area (Å²) >= 11 is 5.88. The molecule has 0 unspecified atom stereocenters. The van der Waals surface area contributed by atoms with Gasteiger partial charge in [0.1, 0.15) is 11.5 Å². The predicted octanol–water partition coefficient (Wildman–Crippen LogP) is 4.98. The standard InChI is InChI=1S/C22H17ClFN3O2/c1-13-10-15(14(2)26(13)19-5-3-4-17(24)12-19)11-20-21(28)27(22(29)25-20)18-8-6-16(23)7-9-18/h3-12H,1-2H3,(H,25,29)/b20-11+. The fourth-order valence-corrected chi connectivity index (χ4v) is 3.59. The van der Waals surface area contributed by atoms with Crippen LogP contribution in [-0.4, -0.2) is 16.5 Å². The van der Waals surface area contributed by atoms with Gasteiger partial charge in [-0.25, -0.2) is 14.1 Å². The first-order chi connectivity index (χ1) is 13.8. The molecule has 146 valence electrons. The minimum Gasteiger partial charge on any atom is -0.318 e. The van der Waals surface area contributed by atoms with Crippen molar-refractivity contribution in [3.63, 3.8) is 0 Å². The van der Waals surface area contributed by atoms with Crippen LogP contribution in [0.2, 0.25) is 5.02 Å². The van der Waals surface area contributed by atoms with Gasteiger partial charge in [-0.3, -0.25) is 4.79 Å². The number of anilines is 1. The highest BCUT2D eigenvalue weighted by molar-refractivity contribution is 6.31. The molecule has 3 amide bonds. The number of carbonyl (C=O) groups excluding carboxylic acids is 2. The number of rotatable bonds is 3. The monoisotopic (exact) mass is 409 g/mol. The summed E-state index contributed by atoms with van der Waals surface area (Å²) in [6, 6.07) is 14.1. The molecule has 1 aliphatic rings. The van der Waals surface area contributed by atoms with Gasteiger partial charge in [0, 0.05) is 22.1 Å². The van der Waals surface area contributed by atoms with Crippen molar-refractivity contribution in [3.05, 3.63) is 88.1 Å². The summed E-state index contributed by atoms with van der Waals surface area (Å²) in [5.74, 6) is -0.778. The molecule has 4 rings (SSSR count). The van der Waals surface area contributed by atoms with E-state index in [1.807, 2.05) is 30.5 Å². The zero-order chi connectivity index (χ0) is 20.7. The van der Waals surface area contributed by atoms with Crippen LogP contribution in [0.4, 0.5) is 14.9 Å². The largest absolute Gasteiger partial charge is 0.333 e. The summed E-state index contributed by atoms with van der Waals surface area (Å²) in [7, 11) is 0. The number of imide groups is 1. The van der Waals surface area contributed by atoms with E-state index < -0.39 is 11.9 Å². The van der Waals surface area contributed by atoms with E-state index in [0.717, 1.165) is 21.9 Å². The van der Waals surface area contributed by atoms with Crippen molar-refractivity contribution in [3.8, 4) is 5.69 Å². The molecule has 1 aliphatic heterocycles. The Morgan fingerprint density at radius 2 is 1.72 bits per heavy atom. The second kappa shape index (κ2) is 7.22. The Morgan fingerprint density at radius 1 is 1.00 bits per heavy atom. The molecule has 2 heterocycles. The van der Waals surface area contributed by atoms with Crippen LogP contribution >= 0.6 is 11.6 Å². The van der Waals surface area contributed by atoms with E-state index in [0.29, 0.717) is 16.4 Å². The first-order valence-electron chi connectivity index (χ1n) is 8.93. The number of carbonyl (C=O) groups is 2. The van der Waals surface area contributed by atoms with E-state index in [-0.39, 0.29) is 11.5 Å². The first-order valence-corrected chi connectivity index (χ1v) is 9.30. The maximum Gasteiger partial charge on any atom is 0.333 e. The Morgan fingerprint density at radius 3 is 2.41 bits per heavy atom. The van der Waals surface area contributed by atoms with Gasteiger partial charge in [-0.05, 0) is 74.0 Å². The molecule has 1 fully saturated rings. The Hall–Kier alpha value is -3.38. The lowest BCUT2D eigenvalue weighted by atomic mass is 10.2. The molecular formula is C22H17ClFN3O2. The van der Waals surface area contributed by atoms with Gasteiger partial charge < -0.3 is 9.88 Å². The highest BCUT2D eigenvalue weighted by atomic mass is 35.5. The zero-order valence-corrected chi connectivity index (χ0v) is 16.5. The van der Waals surface area contributed by atoms with E-state index in [1.54, 1.807) is 36.4 Å². The van der Waals surface area contributed by atoms with Gasteiger partial charge in [-0.2, -0.15) is 0 Å². The van der Waals surface area contributed by atoms with Crippen LogP contribution in [-0.2, 0) is 4.79 Å². The summed E-state index contributed by atoms with van der Waals surface area (Å²) < 4.78 is 15.5. The Balaban J connectivity index is 1.70. The van der Waals surface area contributed by atoms with Crippen LogP contribution in [0.1, 0.15) is 17.0 Å². The summed E-state index contributed by atoms with van der Waals surface area (Å²) in [6.07, 6.45) is 1.63. The molecule has 29 heavy (non-hydrogen) atoms. The van der Waals surface area contributed by atoms with Crippen LogP contribution in [0.5, 0.6) is 0 Å². The van der Waals surface area contributed by atoms with Crippen LogP contribution in [0.15, 0.2) is 60.3 Å². The lowest BCUT2D eigenvalue weighted by Crippen LogP contribution is -2.30. The molecule has 1 aromatic heterocycles. The Bertz CT molecular complexity index is 1170. The van der Waals surface area contributed by atoms with Crippen molar-refractivity contribution in [1.82, 2.24) is 9.88 Å². The normalized spacial score (nSPS) is 15.3. The van der Waals surface area contributed by atoms with Gasteiger partial charge in [0.15, 0.2) is 0 Å². The van der Waals surface area contributed by atoms with Crippen LogP contribution in [0.25, 0.3) is 11.8 Å². The SMILES string of the molecule is Cc1cc(/C=C2/NC(=O)N(c3ccc(Cl)cc3)C2=O)c(C)n1-c1cccc(F)c1. The number of urea groups is 1. The number of aryl methyl sites for hydroxylation is 1. The maximum absolute atomic E-state index is 13.6. The Labute approximate surface area is 172 Å². The van der Waals surface area contributed by atoms with Crippen molar-refractivity contribution < 1.29 is 14.0 Å². The van der Waals surface area contributed by atoms with Crippen LogP contribution in [0.3, 0.4) is 0 Å². The molecule has 0 atom stereocenters. The Kier molecular flexibility index (Phi) is 4.72. The second-order valence-electron chi connectivity index (χ2n) is 6.75. The fraction of sp³-hybridized carbons (Fsp3) is 0.0909. The predicted molar refractivity (Wildman–Crippen MR) is 111 cm³/mol. The molecule has 7 heteroatoms. The van der Waals surface area contributed by atoms with Gasteiger partial charge in [0.25, 0.3) is 5.91 Å². The van der Waals surface area contributed by atoms with Crippen molar-refractivity contribution in [2.75, 3.05) is 4.90 Å². The van der Waals surface area contributed by atoms with Crippen LogP contribution in [0, 0.1) is 19.7 Å². The molecular weight excluding hydrogens is 393 g/mol. The molecule has 3 aromatic rings. The van der Waals surface area contributed by atoms with E-state index in [2.05, 4.69) is 5.32 Å². The second-order valence-corrected chi connectivity index (χ2v) is 7.18. The van der Waals surface area contributed by atoms with Crippen molar-refractivity contribution in [2.45, 2.75) is 13.8 Å². The van der Waals surface area contributed by atoms with Crippen molar-refractivity contribution in [1.29, 1.82) is 0 Å². The third-order valence-electron chi connectivity index (χ3n) is 4.80. The fourth-order valence-electron chi connectivity index (χ4n) is 3.46. The lowest BCUT2D eigenvalue weighted by Gasteiger charge is -2.11. The molecule has 1 saturated heterocycles. The first kappa shape index (κ1) is 19.0. The highest BCUT2D eigenvalue weighted by Gasteiger charge is 2.35. The molecule has 0 saturated carbocycles. The topological polar surface area (TPSA) is 54.3 Å². The molecule has 1 N–H and O–H groups in total. The minimum atomic E-state index is -0.525. The number of hydrogen-bond acceptors (Lipinski definition) is 2. The summed E-state index contributed by atoms with van der Waals surface area (Å²) in [5, 5.41) is 3.13. The van der Waals surface area contributed by atoms with E-state index in [9.17, 15) is 14.0 Å². The highest BCUT2D eigenvalue weighted by Crippen LogP contribution is 2.27. The summed E-state index contributed by atoms with van der Waals surface area (Å²) in [4.78, 5) is 26.2.